The maximum atomic E-state index is 11.5. The zero-order chi connectivity index (χ0) is 10.8. The molecule has 0 spiro atoms. The quantitative estimate of drug-likeness (QED) is 0.729. The van der Waals surface area contributed by atoms with Crippen LogP contribution in [-0.4, -0.2) is 15.9 Å². The molecule has 2 rings (SSSR count). The van der Waals surface area contributed by atoms with Crippen LogP contribution in [0.5, 0.6) is 5.75 Å². The lowest BCUT2D eigenvalue weighted by atomic mass is 9.83. The lowest BCUT2D eigenvalue weighted by molar-refractivity contribution is -0.120. The third-order valence-corrected chi connectivity index (χ3v) is 2.93. The van der Waals surface area contributed by atoms with Crippen molar-refractivity contribution >= 4 is 5.78 Å². The van der Waals surface area contributed by atoms with Gasteiger partial charge in [0, 0.05) is 19.0 Å². The Labute approximate surface area is 87.0 Å². The molecule has 0 unspecified atom stereocenters. The van der Waals surface area contributed by atoms with Crippen LogP contribution in [0.15, 0.2) is 17.1 Å². The number of hydrogen-bond acceptors (Lipinski definition) is 3. The van der Waals surface area contributed by atoms with Gasteiger partial charge in [0.1, 0.15) is 11.5 Å². The number of ketones is 1. The number of aromatic hydroxyl groups is 1. The predicted molar refractivity (Wildman–Crippen MR) is 54.9 cm³/mol. The van der Waals surface area contributed by atoms with Gasteiger partial charge in [0.15, 0.2) is 0 Å². The zero-order valence-electron chi connectivity index (χ0n) is 8.32. The first-order valence-electron chi connectivity index (χ1n) is 5.10. The van der Waals surface area contributed by atoms with Crippen LogP contribution in [0, 0.1) is 0 Å². The molecular weight excluding hydrogens is 194 g/mol. The van der Waals surface area contributed by atoms with E-state index in [2.05, 4.69) is 4.98 Å². The van der Waals surface area contributed by atoms with E-state index in [0.29, 0.717) is 31.2 Å². The molecule has 2 N–H and O–H groups in total. The highest BCUT2D eigenvalue weighted by atomic mass is 16.3. The first kappa shape index (κ1) is 9.96. The molecule has 1 aliphatic rings. The molecule has 0 radical (unpaired) electrons. The highest BCUT2D eigenvalue weighted by Crippen LogP contribution is 2.33. The van der Waals surface area contributed by atoms with Crippen molar-refractivity contribution in [2.24, 2.45) is 0 Å². The second-order valence-corrected chi connectivity index (χ2v) is 3.92. The van der Waals surface area contributed by atoms with Gasteiger partial charge < -0.3 is 10.1 Å². The average molecular weight is 207 g/mol. The van der Waals surface area contributed by atoms with Gasteiger partial charge in [-0.25, -0.2) is 0 Å². The smallest absolute Gasteiger partial charge is 0.255 e. The van der Waals surface area contributed by atoms with Crippen molar-refractivity contribution in [2.75, 3.05) is 0 Å². The summed E-state index contributed by atoms with van der Waals surface area (Å²) in [6, 6.07) is 1.48. The summed E-state index contributed by atoms with van der Waals surface area (Å²) in [5.74, 6) is 0.309. The summed E-state index contributed by atoms with van der Waals surface area (Å²) in [5, 5.41) is 9.60. The minimum atomic E-state index is -0.241. The van der Waals surface area contributed by atoms with E-state index in [1.165, 1.54) is 12.3 Å². The second kappa shape index (κ2) is 3.88. The summed E-state index contributed by atoms with van der Waals surface area (Å²) in [6.07, 6.45) is 3.78. The summed E-state index contributed by atoms with van der Waals surface area (Å²) in [6.45, 7) is 0. The number of carbonyl (C=O) groups is 1. The fourth-order valence-corrected chi connectivity index (χ4v) is 2.10. The molecule has 80 valence electrons. The van der Waals surface area contributed by atoms with Crippen LogP contribution in [0.2, 0.25) is 0 Å². The Hall–Kier alpha value is -1.58. The molecule has 1 aliphatic carbocycles. The van der Waals surface area contributed by atoms with Crippen LogP contribution >= 0.6 is 0 Å². The van der Waals surface area contributed by atoms with Crippen LogP contribution in [0.1, 0.15) is 37.2 Å². The standard InChI is InChI=1S/C11H13NO3/c13-8-3-1-7(2-4-8)10-9(14)5-6-12-11(10)15/h5-7H,1-4H2,(H2,12,14,15). The third kappa shape index (κ3) is 1.93. The molecule has 0 saturated heterocycles. The van der Waals surface area contributed by atoms with E-state index in [1.54, 1.807) is 0 Å². The van der Waals surface area contributed by atoms with Gasteiger partial charge in [-0.15, -0.1) is 0 Å². The van der Waals surface area contributed by atoms with Gasteiger partial charge >= 0.3 is 0 Å². The van der Waals surface area contributed by atoms with Gasteiger partial charge in [-0.3, -0.25) is 9.59 Å². The Bertz CT molecular complexity index is 426. The number of pyridine rings is 1. The topological polar surface area (TPSA) is 70.2 Å². The molecule has 0 atom stereocenters. The van der Waals surface area contributed by atoms with E-state index in [1.807, 2.05) is 0 Å². The normalized spacial score (nSPS) is 18.0. The number of hydrogen-bond donors (Lipinski definition) is 2. The minimum Gasteiger partial charge on any atom is -0.507 e. The molecule has 4 nitrogen and oxygen atoms in total. The minimum absolute atomic E-state index is 0.0210. The fourth-order valence-electron chi connectivity index (χ4n) is 2.10. The lowest BCUT2D eigenvalue weighted by Gasteiger charge is -2.20. The average Bonchev–Trinajstić information content (AvgIpc) is 2.20. The summed E-state index contributed by atoms with van der Waals surface area (Å²) in [7, 11) is 0. The maximum Gasteiger partial charge on any atom is 0.255 e. The van der Waals surface area contributed by atoms with Gasteiger partial charge in [-0.2, -0.15) is 0 Å². The highest BCUT2D eigenvalue weighted by Gasteiger charge is 2.24. The molecule has 1 aromatic rings. The van der Waals surface area contributed by atoms with E-state index in [0.717, 1.165) is 0 Å². The summed E-state index contributed by atoms with van der Waals surface area (Å²) >= 11 is 0. The van der Waals surface area contributed by atoms with E-state index >= 15 is 0 Å². The molecule has 0 aromatic carbocycles. The summed E-state index contributed by atoms with van der Waals surface area (Å²) < 4.78 is 0. The Morgan fingerprint density at radius 2 is 1.93 bits per heavy atom. The maximum absolute atomic E-state index is 11.5. The molecule has 1 saturated carbocycles. The van der Waals surface area contributed by atoms with Gasteiger partial charge in [-0.1, -0.05) is 0 Å². The SMILES string of the molecule is O=C1CCC(c2c(O)cc[nH]c2=O)CC1. The number of nitrogens with one attached hydrogen (secondary N) is 1. The summed E-state index contributed by atoms with van der Waals surface area (Å²) in [4.78, 5) is 25.1. The Kier molecular flexibility index (Phi) is 2.58. The monoisotopic (exact) mass is 207 g/mol. The van der Waals surface area contributed by atoms with Crippen LogP contribution in [0.25, 0.3) is 0 Å². The lowest BCUT2D eigenvalue weighted by Crippen LogP contribution is -2.20. The summed E-state index contributed by atoms with van der Waals surface area (Å²) in [5.41, 5.74) is 0.194. The first-order chi connectivity index (χ1) is 7.18. The van der Waals surface area contributed by atoms with Gasteiger partial charge in [0.05, 0.1) is 5.56 Å². The second-order valence-electron chi connectivity index (χ2n) is 3.92. The van der Waals surface area contributed by atoms with Crippen LogP contribution in [0.3, 0.4) is 0 Å². The molecular formula is C11H13NO3. The molecule has 1 heterocycles. The highest BCUT2D eigenvalue weighted by molar-refractivity contribution is 5.79. The molecule has 1 fully saturated rings. The molecule has 0 bridgehead atoms. The Balaban J connectivity index is 2.30. The number of H-pyrrole nitrogens is 1. The Morgan fingerprint density at radius 1 is 1.27 bits per heavy atom. The van der Waals surface area contributed by atoms with Crippen molar-refractivity contribution in [3.05, 3.63) is 28.2 Å². The number of aromatic amines is 1. The number of Topliss-reactive ketones (excluding diaryl/α,β-unsaturated/α-hetero) is 1. The molecule has 0 aliphatic heterocycles. The van der Waals surface area contributed by atoms with Crippen molar-refractivity contribution in [1.29, 1.82) is 0 Å². The van der Waals surface area contributed by atoms with Crippen molar-refractivity contribution in [1.82, 2.24) is 4.98 Å². The Morgan fingerprint density at radius 3 is 2.53 bits per heavy atom. The van der Waals surface area contributed by atoms with Gasteiger partial charge in [-0.05, 0) is 24.8 Å². The van der Waals surface area contributed by atoms with Crippen LogP contribution in [0.4, 0.5) is 0 Å². The molecule has 15 heavy (non-hydrogen) atoms. The van der Waals surface area contributed by atoms with Gasteiger partial charge in [0.2, 0.25) is 0 Å². The van der Waals surface area contributed by atoms with E-state index in [4.69, 9.17) is 0 Å². The first-order valence-corrected chi connectivity index (χ1v) is 5.10. The third-order valence-electron chi connectivity index (χ3n) is 2.93. The van der Waals surface area contributed by atoms with E-state index < -0.39 is 0 Å². The predicted octanol–water partition coefficient (Wildman–Crippen LogP) is 1.31. The van der Waals surface area contributed by atoms with Crippen LogP contribution in [-0.2, 0) is 4.79 Å². The van der Waals surface area contributed by atoms with Crippen LogP contribution < -0.4 is 5.56 Å². The van der Waals surface area contributed by atoms with Crippen molar-refractivity contribution in [3.8, 4) is 5.75 Å². The number of aromatic nitrogens is 1. The molecule has 0 amide bonds. The van der Waals surface area contributed by atoms with E-state index in [-0.39, 0.29) is 23.0 Å². The van der Waals surface area contributed by atoms with Crippen molar-refractivity contribution in [3.63, 3.8) is 0 Å². The zero-order valence-corrected chi connectivity index (χ0v) is 8.32. The van der Waals surface area contributed by atoms with Crippen molar-refractivity contribution in [2.45, 2.75) is 31.6 Å². The largest absolute Gasteiger partial charge is 0.507 e. The van der Waals surface area contributed by atoms with E-state index in [9.17, 15) is 14.7 Å². The number of carbonyl (C=O) groups excluding carboxylic acids is 1. The fraction of sp³-hybridized carbons (Fsp3) is 0.455. The molecule has 4 heteroatoms. The van der Waals surface area contributed by atoms with Gasteiger partial charge in [0.25, 0.3) is 5.56 Å². The number of rotatable bonds is 1. The van der Waals surface area contributed by atoms with Crippen molar-refractivity contribution < 1.29 is 9.90 Å². The molecule has 1 aromatic heterocycles.